The second kappa shape index (κ2) is 17.9. The zero-order valence-corrected chi connectivity index (χ0v) is 42.4. The first-order chi connectivity index (χ1) is 38.5. The Morgan fingerprint density at radius 1 is 0.462 bits per heavy atom. The van der Waals surface area contributed by atoms with Crippen LogP contribution in [0.5, 0.6) is 0 Å². The topological polar surface area (TPSA) is 93.5 Å². The normalized spacial score (nSPS) is 15.5. The Morgan fingerprint density at radius 3 is 1.71 bits per heavy atom. The average Bonchev–Trinajstić information content (AvgIpc) is 4.40. The Bertz CT molecular complexity index is 4650. The minimum Gasteiger partial charge on any atom is -0.458 e. The number of furan rings is 3. The van der Waals surface area contributed by atoms with Crippen LogP contribution in [0.3, 0.4) is 0 Å². The van der Waals surface area contributed by atoms with Crippen molar-refractivity contribution >= 4 is 83.5 Å². The molecule has 0 N–H and O–H groups in total. The van der Waals surface area contributed by atoms with Crippen molar-refractivity contribution in [3.63, 3.8) is 0 Å². The van der Waals surface area contributed by atoms with E-state index in [-0.39, 0.29) is 18.0 Å². The molecule has 13 aromatic rings. The maximum Gasteiger partial charge on any atom is 0.159 e. The first-order valence-corrected chi connectivity index (χ1v) is 26.5. The van der Waals surface area contributed by atoms with E-state index in [1.165, 1.54) is 0 Å². The van der Waals surface area contributed by atoms with E-state index in [1.807, 2.05) is 48.5 Å². The number of hydrogen-bond acceptors (Lipinski definition) is 7. The summed E-state index contributed by atoms with van der Waals surface area (Å²) in [5.41, 5.74) is 16.7. The van der Waals surface area contributed by atoms with Gasteiger partial charge in [0.2, 0.25) is 0 Å². The van der Waals surface area contributed by atoms with Crippen LogP contribution in [-0.2, 0) is 6.42 Å². The van der Waals surface area contributed by atoms with E-state index in [2.05, 4.69) is 211 Å². The first kappa shape index (κ1) is 45.1. The maximum atomic E-state index is 10.1. The van der Waals surface area contributed by atoms with Gasteiger partial charge < -0.3 is 23.1 Å². The second-order valence-electron chi connectivity index (χ2n) is 20.5. The van der Waals surface area contributed by atoms with E-state index in [4.69, 9.17) is 13.3 Å². The van der Waals surface area contributed by atoms with Crippen molar-refractivity contribution in [3.05, 3.63) is 258 Å². The summed E-state index contributed by atoms with van der Waals surface area (Å²) in [6.07, 6.45) is 5.17. The predicted octanol–water partition coefficient (Wildman–Crippen LogP) is 19.0. The third-order valence-corrected chi connectivity index (χ3v) is 16.2. The molecule has 0 bridgehead atoms. The van der Waals surface area contributed by atoms with Crippen LogP contribution in [0.15, 0.2) is 238 Å². The van der Waals surface area contributed by atoms with Gasteiger partial charge in [-0.15, -0.1) is 0 Å². The minimum atomic E-state index is -0.235. The Kier molecular flexibility index (Phi) is 10.4. The summed E-state index contributed by atoms with van der Waals surface area (Å²) < 4.78 is 21.7. The van der Waals surface area contributed by atoms with Gasteiger partial charge in [0.15, 0.2) is 5.58 Å². The van der Waals surface area contributed by atoms with Gasteiger partial charge in [0, 0.05) is 83.8 Å². The lowest BCUT2D eigenvalue weighted by Crippen LogP contribution is -2.39. The first-order valence-electron chi connectivity index (χ1n) is 26.5. The molecule has 7 heteroatoms. The van der Waals surface area contributed by atoms with Crippen molar-refractivity contribution < 1.29 is 13.3 Å². The van der Waals surface area contributed by atoms with Crippen molar-refractivity contribution in [2.45, 2.75) is 25.4 Å². The van der Waals surface area contributed by atoms with E-state index in [1.54, 1.807) is 0 Å². The molecule has 10 aromatic carbocycles. The molecule has 0 saturated heterocycles. The molecule has 78 heavy (non-hydrogen) atoms. The molecule has 0 spiro atoms. The van der Waals surface area contributed by atoms with Gasteiger partial charge in [-0.2, -0.15) is 10.5 Å². The molecule has 7 nitrogen and oxygen atoms in total. The van der Waals surface area contributed by atoms with Crippen LogP contribution in [0.1, 0.15) is 52.6 Å². The number of para-hydroxylation sites is 3. The highest BCUT2D eigenvalue weighted by Gasteiger charge is 2.42. The van der Waals surface area contributed by atoms with Crippen LogP contribution in [0.25, 0.3) is 94.3 Å². The standard InChI is InChI=1S/C71H46N4O3/c1-43-29-38-59-57-26-13-24-51(47-17-6-3-7-18-47)67(57)78-71(59)65(43)75(49-36-32-45(42-73)33-37-49)64-40-61-60-39-63(52-19-8-10-21-54(52)68(60)76-69(61)55-22-11-9-20-53(55)64)74(48-34-30-44(41-72)31-35-48)62-28-14-27-58-56-25-12-23-50(66(56)77-70(58)62)46-15-4-2-5-16-46/h2-39,43,64-65H,40H2,1H3. The minimum absolute atomic E-state index is 0.0322. The molecule has 3 aromatic heterocycles. The molecule has 368 valence electrons. The van der Waals surface area contributed by atoms with Gasteiger partial charge in [-0.3, -0.25) is 0 Å². The lowest BCUT2D eigenvalue weighted by atomic mass is 9.81. The summed E-state index contributed by atoms with van der Waals surface area (Å²) >= 11 is 0. The van der Waals surface area contributed by atoms with Gasteiger partial charge in [0.25, 0.3) is 0 Å². The molecular formula is C71H46N4O3. The van der Waals surface area contributed by atoms with Crippen molar-refractivity contribution in [2.24, 2.45) is 5.92 Å². The average molecular weight is 1000 g/mol. The molecule has 2 aliphatic rings. The van der Waals surface area contributed by atoms with Crippen molar-refractivity contribution in [1.29, 1.82) is 10.5 Å². The van der Waals surface area contributed by atoms with E-state index in [0.29, 0.717) is 17.5 Å². The van der Waals surface area contributed by atoms with E-state index >= 15 is 0 Å². The second-order valence-corrected chi connectivity index (χ2v) is 20.5. The Balaban J connectivity index is 0.956. The number of nitrogens with zero attached hydrogens (tertiary/aromatic N) is 4. The summed E-state index contributed by atoms with van der Waals surface area (Å²) in [5, 5.41) is 26.2. The molecular weight excluding hydrogens is 957 g/mol. The van der Waals surface area contributed by atoms with Crippen LogP contribution in [-0.4, -0.2) is 0 Å². The number of anilines is 4. The molecule has 3 unspecified atom stereocenters. The van der Waals surface area contributed by atoms with Crippen molar-refractivity contribution in [3.8, 4) is 45.7 Å². The number of nitriles is 2. The fraction of sp³-hybridized carbons (Fsp3) is 0.0704. The van der Waals surface area contributed by atoms with Gasteiger partial charge in [-0.25, -0.2) is 0 Å². The van der Waals surface area contributed by atoms with Crippen LogP contribution in [0.2, 0.25) is 0 Å². The van der Waals surface area contributed by atoms with Gasteiger partial charge in [0.1, 0.15) is 28.3 Å². The number of rotatable bonds is 8. The molecule has 3 heterocycles. The van der Waals surface area contributed by atoms with E-state index in [9.17, 15) is 10.5 Å². The Labute approximate surface area is 450 Å². The largest absolute Gasteiger partial charge is 0.458 e. The molecule has 2 aliphatic carbocycles. The van der Waals surface area contributed by atoms with Gasteiger partial charge in [-0.05, 0) is 77.4 Å². The van der Waals surface area contributed by atoms with E-state index in [0.717, 1.165) is 133 Å². The van der Waals surface area contributed by atoms with Gasteiger partial charge >= 0.3 is 0 Å². The lowest BCUT2D eigenvalue weighted by molar-refractivity contribution is 0.382. The maximum absolute atomic E-state index is 10.1. The van der Waals surface area contributed by atoms with Crippen LogP contribution >= 0.6 is 0 Å². The number of fused-ring (bicyclic) bond motifs is 13. The lowest BCUT2D eigenvalue weighted by Gasteiger charge is -2.44. The zero-order valence-electron chi connectivity index (χ0n) is 42.4. The highest BCUT2D eigenvalue weighted by molar-refractivity contribution is 6.18. The molecule has 15 rings (SSSR count). The number of benzene rings is 10. The fourth-order valence-corrected chi connectivity index (χ4v) is 12.6. The molecule has 0 aliphatic heterocycles. The summed E-state index contributed by atoms with van der Waals surface area (Å²) in [7, 11) is 0. The van der Waals surface area contributed by atoms with Crippen molar-refractivity contribution in [2.75, 3.05) is 9.80 Å². The summed E-state index contributed by atoms with van der Waals surface area (Å²) in [6.45, 7) is 2.28. The highest BCUT2D eigenvalue weighted by Crippen LogP contribution is 2.55. The van der Waals surface area contributed by atoms with Crippen molar-refractivity contribution in [1.82, 2.24) is 0 Å². The van der Waals surface area contributed by atoms with Gasteiger partial charge in [0.05, 0.1) is 46.7 Å². The van der Waals surface area contributed by atoms with Crippen LogP contribution < -0.4 is 9.80 Å². The fourth-order valence-electron chi connectivity index (χ4n) is 12.6. The molecule has 0 amide bonds. The number of hydrogen-bond donors (Lipinski definition) is 0. The molecule has 0 saturated carbocycles. The van der Waals surface area contributed by atoms with Crippen LogP contribution in [0, 0.1) is 28.6 Å². The Morgan fingerprint density at radius 2 is 1.01 bits per heavy atom. The smallest absolute Gasteiger partial charge is 0.159 e. The summed E-state index contributed by atoms with van der Waals surface area (Å²) in [5.74, 6) is 1.80. The van der Waals surface area contributed by atoms with Crippen LogP contribution in [0.4, 0.5) is 22.7 Å². The predicted molar refractivity (Wildman–Crippen MR) is 314 cm³/mol. The summed E-state index contributed by atoms with van der Waals surface area (Å²) in [4.78, 5) is 4.84. The van der Waals surface area contributed by atoms with E-state index < -0.39 is 0 Å². The zero-order chi connectivity index (χ0) is 52.0. The monoisotopic (exact) mass is 1000 g/mol. The Hall–Kier alpha value is -10.3. The third-order valence-electron chi connectivity index (χ3n) is 16.2. The summed E-state index contributed by atoms with van der Waals surface area (Å²) in [6, 6.07) is 79.6. The molecule has 0 fully saturated rings. The van der Waals surface area contributed by atoms with Gasteiger partial charge in [-0.1, -0.05) is 177 Å². The molecule has 0 radical (unpaired) electrons. The molecule has 3 atom stereocenters. The SMILES string of the molecule is CC1C=Cc2c(oc3c(-c4ccccc4)cccc23)C1N(c1ccc(C#N)cc1)C1Cc2c(oc3c2cc(N(c2ccc(C#N)cc2)c2cccc4c2oc2c(-c5ccccc5)cccc24)c2ccccc23)-c2ccccc21. The highest BCUT2D eigenvalue weighted by atomic mass is 16.3. The quantitative estimate of drug-likeness (QED) is 0.150. The third kappa shape index (κ3) is 6.96.